The summed E-state index contributed by atoms with van der Waals surface area (Å²) >= 11 is 0. The van der Waals surface area contributed by atoms with Crippen LogP contribution in [0.1, 0.15) is 90.9 Å². The van der Waals surface area contributed by atoms with Gasteiger partial charge in [-0.25, -0.2) is 0 Å². The van der Waals surface area contributed by atoms with E-state index < -0.39 is 0 Å². The molecule has 0 amide bonds. The lowest BCUT2D eigenvalue weighted by Gasteiger charge is -2.62. The van der Waals surface area contributed by atoms with Gasteiger partial charge in [0, 0.05) is 25.7 Å². The molecule has 22 heavy (non-hydrogen) atoms. The van der Waals surface area contributed by atoms with E-state index in [1.165, 1.54) is 32.1 Å². The number of Topliss-reactive ketones (excluding diaryl/α,β-unsaturated/α-hetero) is 2. The Kier molecular flexibility index (Phi) is 4.49. The van der Waals surface area contributed by atoms with E-state index in [9.17, 15) is 9.59 Å². The van der Waals surface area contributed by atoms with Gasteiger partial charge in [-0.3, -0.25) is 9.59 Å². The molecular formula is C20H32O2. The van der Waals surface area contributed by atoms with Crippen molar-refractivity contribution in [1.82, 2.24) is 0 Å². The molecular weight excluding hydrogens is 272 g/mol. The molecule has 2 nitrogen and oxygen atoms in total. The van der Waals surface area contributed by atoms with Gasteiger partial charge >= 0.3 is 0 Å². The summed E-state index contributed by atoms with van der Waals surface area (Å²) < 4.78 is 0. The first kappa shape index (κ1) is 16.2. The molecule has 0 N–H and O–H groups in total. The van der Waals surface area contributed by atoms with Gasteiger partial charge in [0.15, 0.2) is 0 Å². The first-order valence-corrected chi connectivity index (χ1v) is 9.51. The van der Waals surface area contributed by atoms with Crippen molar-refractivity contribution in [3.8, 4) is 0 Å². The lowest BCUT2D eigenvalue weighted by Crippen LogP contribution is -2.53. The van der Waals surface area contributed by atoms with Crippen molar-refractivity contribution in [3.63, 3.8) is 0 Å². The van der Waals surface area contributed by atoms with E-state index >= 15 is 0 Å². The maximum atomic E-state index is 12.3. The standard InChI is InChI=1S/C20H32O2/c1-3-5-17(21)12-19-8-15-7-16(9-19)11-20(10-15,14-19)13-18(22)6-4-2/h15-16H,3-14H2,1-2H3. The predicted octanol–water partition coefficient (Wildman–Crippen LogP) is 5.09. The van der Waals surface area contributed by atoms with E-state index in [4.69, 9.17) is 0 Å². The average Bonchev–Trinajstić information content (AvgIpc) is 2.35. The number of carbonyl (C=O) groups is 2. The molecule has 4 bridgehead atoms. The summed E-state index contributed by atoms with van der Waals surface area (Å²) in [5, 5.41) is 0. The van der Waals surface area contributed by atoms with Crippen molar-refractivity contribution in [1.29, 1.82) is 0 Å². The highest BCUT2D eigenvalue weighted by Crippen LogP contribution is 2.67. The molecule has 0 unspecified atom stereocenters. The summed E-state index contributed by atoms with van der Waals surface area (Å²) in [7, 11) is 0. The molecule has 124 valence electrons. The van der Waals surface area contributed by atoms with E-state index in [1.807, 2.05) is 0 Å². The molecule has 0 atom stereocenters. The molecule has 0 heterocycles. The molecule has 4 aliphatic carbocycles. The molecule has 4 rings (SSSR count). The normalized spacial score (nSPS) is 39.2. The van der Waals surface area contributed by atoms with Crippen LogP contribution in [0.4, 0.5) is 0 Å². The molecule has 0 aromatic carbocycles. The lowest BCUT2D eigenvalue weighted by atomic mass is 9.42. The van der Waals surface area contributed by atoms with Crippen LogP contribution in [0.2, 0.25) is 0 Å². The minimum absolute atomic E-state index is 0.267. The number of rotatable bonds is 8. The fourth-order valence-corrected chi connectivity index (χ4v) is 6.63. The maximum Gasteiger partial charge on any atom is 0.133 e. The topological polar surface area (TPSA) is 34.1 Å². The third kappa shape index (κ3) is 3.16. The summed E-state index contributed by atoms with van der Waals surface area (Å²) in [5.41, 5.74) is 0.533. The zero-order valence-corrected chi connectivity index (χ0v) is 14.5. The molecule has 4 aliphatic rings. The van der Waals surface area contributed by atoms with Gasteiger partial charge in [-0.1, -0.05) is 13.8 Å². The molecule has 0 radical (unpaired) electrons. The molecule has 4 fully saturated rings. The van der Waals surface area contributed by atoms with Crippen LogP contribution in [0.3, 0.4) is 0 Å². The highest BCUT2D eigenvalue weighted by Gasteiger charge is 2.57. The van der Waals surface area contributed by atoms with Crippen molar-refractivity contribution in [2.75, 3.05) is 0 Å². The molecule has 0 aliphatic heterocycles. The Hall–Kier alpha value is -0.660. The Labute approximate surface area is 135 Å². The second kappa shape index (κ2) is 6.09. The fraction of sp³-hybridized carbons (Fsp3) is 0.900. The third-order valence-electron chi connectivity index (χ3n) is 6.51. The van der Waals surface area contributed by atoms with Crippen LogP contribution < -0.4 is 0 Å². The summed E-state index contributed by atoms with van der Waals surface area (Å²) in [6.45, 7) is 4.20. The summed E-state index contributed by atoms with van der Waals surface area (Å²) in [5.74, 6) is 2.54. The highest BCUT2D eigenvalue weighted by molar-refractivity contribution is 5.80. The van der Waals surface area contributed by atoms with E-state index in [0.29, 0.717) is 11.6 Å². The fourth-order valence-electron chi connectivity index (χ4n) is 6.63. The van der Waals surface area contributed by atoms with Crippen molar-refractivity contribution < 1.29 is 9.59 Å². The molecule has 0 saturated heterocycles. The number of hydrogen-bond donors (Lipinski definition) is 0. The minimum atomic E-state index is 0.267. The van der Waals surface area contributed by atoms with Crippen LogP contribution >= 0.6 is 0 Å². The lowest BCUT2D eigenvalue weighted by molar-refractivity contribution is -0.144. The van der Waals surface area contributed by atoms with Crippen molar-refractivity contribution in [2.24, 2.45) is 22.7 Å². The Balaban J connectivity index is 1.75. The maximum absolute atomic E-state index is 12.3. The number of carbonyl (C=O) groups excluding carboxylic acids is 2. The smallest absolute Gasteiger partial charge is 0.133 e. The van der Waals surface area contributed by atoms with E-state index in [-0.39, 0.29) is 10.8 Å². The zero-order chi connectivity index (χ0) is 15.8. The Morgan fingerprint density at radius 3 is 1.59 bits per heavy atom. The second-order valence-corrected chi connectivity index (χ2v) is 8.89. The van der Waals surface area contributed by atoms with Gasteiger partial charge in [-0.05, 0) is 74.0 Å². The van der Waals surface area contributed by atoms with Gasteiger partial charge < -0.3 is 0 Å². The van der Waals surface area contributed by atoms with Crippen LogP contribution in [0.15, 0.2) is 0 Å². The monoisotopic (exact) mass is 304 g/mol. The van der Waals surface area contributed by atoms with Crippen LogP contribution in [-0.4, -0.2) is 11.6 Å². The first-order chi connectivity index (χ1) is 10.5. The predicted molar refractivity (Wildman–Crippen MR) is 88.6 cm³/mol. The zero-order valence-electron chi connectivity index (χ0n) is 14.5. The summed E-state index contributed by atoms with van der Waals surface area (Å²) in [6, 6.07) is 0. The van der Waals surface area contributed by atoms with Crippen LogP contribution in [0, 0.1) is 22.7 Å². The van der Waals surface area contributed by atoms with E-state index in [2.05, 4.69) is 13.8 Å². The Morgan fingerprint density at radius 2 is 1.23 bits per heavy atom. The molecule has 0 spiro atoms. The molecule has 4 saturated carbocycles. The molecule has 2 heteroatoms. The Bertz CT molecular complexity index is 399. The van der Waals surface area contributed by atoms with E-state index in [0.717, 1.165) is 56.8 Å². The van der Waals surface area contributed by atoms with Crippen LogP contribution in [0.5, 0.6) is 0 Å². The van der Waals surface area contributed by atoms with Crippen molar-refractivity contribution >= 4 is 11.6 Å². The SMILES string of the molecule is CCCC(=O)CC12CC3CC(C1)CC(CC(=O)CCC)(C3)C2. The van der Waals surface area contributed by atoms with Crippen molar-refractivity contribution in [3.05, 3.63) is 0 Å². The van der Waals surface area contributed by atoms with Crippen LogP contribution in [0.25, 0.3) is 0 Å². The molecule has 0 aromatic heterocycles. The van der Waals surface area contributed by atoms with Gasteiger partial charge in [0.25, 0.3) is 0 Å². The Morgan fingerprint density at radius 1 is 0.818 bits per heavy atom. The van der Waals surface area contributed by atoms with E-state index in [1.54, 1.807) is 0 Å². The quantitative estimate of drug-likeness (QED) is 0.626. The van der Waals surface area contributed by atoms with Crippen molar-refractivity contribution in [2.45, 2.75) is 90.9 Å². The number of ketones is 2. The molecule has 0 aromatic rings. The summed E-state index contributed by atoms with van der Waals surface area (Å²) in [4.78, 5) is 24.6. The largest absolute Gasteiger partial charge is 0.300 e. The second-order valence-electron chi connectivity index (χ2n) is 8.89. The number of hydrogen-bond acceptors (Lipinski definition) is 2. The van der Waals surface area contributed by atoms with Gasteiger partial charge in [-0.15, -0.1) is 0 Å². The average molecular weight is 304 g/mol. The van der Waals surface area contributed by atoms with Gasteiger partial charge in [-0.2, -0.15) is 0 Å². The van der Waals surface area contributed by atoms with Gasteiger partial charge in [0.05, 0.1) is 0 Å². The van der Waals surface area contributed by atoms with Gasteiger partial charge in [0.2, 0.25) is 0 Å². The van der Waals surface area contributed by atoms with Crippen LogP contribution in [-0.2, 0) is 9.59 Å². The summed E-state index contributed by atoms with van der Waals surface area (Å²) in [6.07, 6.45) is 12.7. The highest BCUT2D eigenvalue weighted by atomic mass is 16.1. The minimum Gasteiger partial charge on any atom is -0.300 e. The van der Waals surface area contributed by atoms with Gasteiger partial charge in [0.1, 0.15) is 11.6 Å². The third-order valence-corrected chi connectivity index (χ3v) is 6.51. The first-order valence-electron chi connectivity index (χ1n) is 9.51.